The number of hydrogen-bond donors (Lipinski definition) is 1. The molecular weight excluding hydrogens is 244 g/mol. The van der Waals surface area contributed by atoms with Gasteiger partial charge in [-0.2, -0.15) is 0 Å². The highest BCUT2D eigenvalue weighted by atomic mass is 32.1. The van der Waals surface area contributed by atoms with E-state index in [1.807, 2.05) is 17.6 Å². The predicted octanol–water partition coefficient (Wildman–Crippen LogP) is 2.36. The number of nitrogens with zero attached hydrogens (tertiary/aromatic N) is 1. The van der Waals surface area contributed by atoms with Gasteiger partial charge in [-0.05, 0) is 12.5 Å². The average molecular weight is 260 g/mol. The van der Waals surface area contributed by atoms with Crippen molar-refractivity contribution in [2.75, 3.05) is 13.2 Å². The standard InChI is InChI=1S/C14H16N2OS/c15-9-14(7-11-8-18-10-16-11)5-6-17-13-4-2-1-3-12(13)14/h1-4,8,10H,5-7,9,15H2. The van der Waals surface area contributed by atoms with E-state index in [2.05, 4.69) is 22.5 Å². The second kappa shape index (κ2) is 4.71. The molecule has 1 aliphatic rings. The van der Waals surface area contributed by atoms with E-state index < -0.39 is 0 Å². The van der Waals surface area contributed by atoms with Crippen molar-refractivity contribution in [1.29, 1.82) is 0 Å². The maximum absolute atomic E-state index is 6.09. The number of hydrogen-bond acceptors (Lipinski definition) is 4. The molecule has 1 aliphatic heterocycles. The largest absolute Gasteiger partial charge is 0.493 e. The van der Waals surface area contributed by atoms with Gasteiger partial charge in [0, 0.05) is 29.3 Å². The van der Waals surface area contributed by atoms with Gasteiger partial charge < -0.3 is 10.5 Å². The second-order valence-corrected chi connectivity index (χ2v) is 5.45. The molecule has 0 amide bonds. The molecule has 4 heteroatoms. The van der Waals surface area contributed by atoms with E-state index in [1.54, 1.807) is 11.3 Å². The zero-order chi connectivity index (χ0) is 12.4. The van der Waals surface area contributed by atoms with Crippen LogP contribution in [0.5, 0.6) is 5.75 Å². The van der Waals surface area contributed by atoms with Crippen LogP contribution in [0.2, 0.25) is 0 Å². The average Bonchev–Trinajstić information content (AvgIpc) is 2.92. The summed E-state index contributed by atoms with van der Waals surface area (Å²) in [6.07, 6.45) is 1.85. The van der Waals surface area contributed by atoms with E-state index in [9.17, 15) is 0 Å². The van der Waals surface area contributed by atoms with Gasteiger partial charge in [0.2, 0.25) is 0 Å². The summed E-state index contributed by atoms with van der Waals surface area (Å²) in [4.78, 5) is 4.40. The highest BCUT2D eigenvalue weighted by Gasteiger charge is 2.37. The smallest absolute Gasteiger partial charge is 0.123 e. The van der Waals surface area contributed by atoms with Gasteiger partial charge in [-0.3, -0.25) is 0 Å². The van der Waals surface area contributed by atoms with Gasteiger partial charge in [0.05, 0.1) is 17.8 Å². The fourth-order valence-corrected chi connectivity index (χ4v) is 3.22. The van der Waals surface area contributed by atoms with Crippen LogP contribution in [0.25, 0.3) is 0 Å². The molecule has 3 rings (SSSR count). The molecule has 1 aromatic carbocycles. The Morgan fingerprint density at radius 3 is 3.06 bits per heavy atom. The van der Waals surface area contributed by atoms with Gasteiger partial charge in [-0.25, -0.2) is 4.98 Å². The Balaban J connectivity index is 2.02. The summed E-state index contributed by atoms with van der Waals surface area (Å²) in [6, 6.07) is 8.22. The number of fused-ring (bicyclic) bond motifs is 1. The minimum atomic E-state index is -0.0249. The highest BCUT2D eigenvalue weighted by Crippen LogP contribution is 2.40. The number of rotatable bonds is 3. The molecule has 3 nitrogen and oxygen atoms in total. The maximum Gasteiger partial charge on any atom is 0.123 e. The molecule has 1 atom stereocenters. The first-order chi connectivity index (χ1) is 8.84. The molecule has 0 aliphatic carbocycles. The van der Waals surface area contributed by atoms with Crippen LogP contribution in [-0.4, -0.2) is 18.1 Å². The first kappa shape index (κ1) is 11.7. The molecule has 18 heavy (non-hydrogen) atoms. The van der Waals surface area contributed by atoms with Gasteiger partial charge in [-0.1, -0.05) is 18.2 Å². The summed E-state index contributed by atoms with van der Waals surface area (Å²) in [7, 11) is 0. The molecule has 0 saturated heterocycles. The zero-order valence-corrected chi connectivity index (χ0v) is 11.0. The number of benzene rings is 1. The lowest BCUT2D eigenvalue weighted by Crippen LogP contribution is -2.41. The molecule has 1 unspecified atom stereocenters. The lowest BCUT2D eigenvalue weighted by molar-refractivity contribution is 0.215. The summed E-state index contributed by atoms with van der Waals surface area (Å²) >= 11 is 1.64. The Labute approximate surface area is 111 Å². The van der Waals surface area contributed by atoms with Crippen molar-refractivity contribution < 1.29 is 4.74 Å². The summed E-state index contributed by atoms with van der Waals surface area (Å²) in [6.45, 7) is 1.36. The third-order valence-electron chi connectivity index (χ3n) is 3.69. The van der Waals surface area contributed by atoms with E-state index in [-0.39, 0.29) is 5.41 Å². The van der Waals surface area contributed by atoms with E-state index in [0.29, 0.717) is 6.54 Å². The molecule has 2 heterocycles. The summed E-state index contributed by atoms with van der Waals surface area (Å²) in [5.74, 6) is 0.976. The Morgan fingerprint density at radius 1 is 1.39 bits per heavy atom. The first-order valence-corrected chi connectivity index (χ1v) is 7.08. The lowest BCUT2D eigenvalue weighted by Gasteiger charge is -2.37. The zero-order valence-electron chi connectivity index (χ0n) is 10.1. The molecule has 94 valence electrons. The maximum atomic E-state index is 6.09. The normalized spacial score (nSPS) is 22.3. The Kier molecular flexibility index (Phi) is 3.06. The molecule has 0 radical (unpaired) electrons. The summed E-state index contributed by atoms with van der Waals surface area (Å²) in [5.41, 5.74) is 10.3. The second-order valence-electron chi connectivity index (χ2n) is 4.74. The molecule has 0 bridgehead atoms. The van der Waals surface area contributed by atoms with Crippen LogP contribution in [-0.2, 0) is 11.8 Å². The first-order valence-electron chi connectivity index (χ1n) is 6.13. The topological polar surface area (TPSA) is 48.1 Å². The summed E-state index contributed by atoms with van der Waals surface area (Å²) in [5, 5.41) is 2.11. The number of nitrogens with two attached hydrogens (primary N) is 1. The molecule has 0 fully saturated rings. The minimum Gasteiger partial charge on any atom is -0.493 e. The van der Waals surface area contributed by atoms with E-state index >= 15 is 0 Å². The molecular formula is C14H16N2OS. The number of aromatic nitrogens is 1. The molecule has 0 spiro atoms. The van der Waals surface area contributed by atoms with Crippen molar-refractivity contribution in [2.45, 2.75) is 18.3 Å². The van der Waals surface area contributed by atoms with Gasteiger partial charge in [0.25, 0.3) is 0 Å². The Hall–Kier alpha value is -1.39. The molecule has 2 aromatic rings. The van der Waals surface area contributed by atoms with Crippen LogP contribution < -0.4 is 10.5 Å². The third kappa shape index (κ3) is 1.91. The van der Waals surface area contributed by atoms with Crippen LogP contribution in [0.1, 0.15) is 17.7 Å². The SMILES string of the molecule is NCC1(Cc2cscn2)CCOc2ccccc21. The van der Waals surface area contributed by atoms with Crippen molar-refractivity contribution in [2.24, 2.45) is 5.73 Å². The lowest BCUT2D eigenvalue weighted by atomic mass is 9.73. The van der Waals surface area contributed by atoms with Crippen LogP contribution in [0.4, 0.5) is 0 Å². The Morgan fingerprint density at radius 2 is 2.28 bits per heavy atom. The quantitative estimate of drug-likeness (QED) is 0.921. The predicted molar refractivity (Wildman–Crippen MR) is 73.1 cm³/mol. The Bertz CT molecular complexity index is 526. The van der Waals surface area contributed by atoms with Crippen LogP contribution >= 0.6 is 11.3 Å². The van der Waals surface area contributed by atoms with Crippen molar-refractivity contribution in [3.05, 3.63) is 46.4 Å². The fraction of sp³-hybridized carbons (Fsp3) is 0.357. The number of thiazole rings is 1. The van der Waals surface area contributed by atoms with Gasteiger partial charge >= 0.3 is 0 Å². The molecule has 0 saturated carbocycles. The van der Waals surface area contributed by atoms with Gasteiger partial charge in [0.1, 0.15) is 5.75 Å². The minimum absolute atomic E-state index is 0.0249. The van der Waals surface area contributed by atoms with Gasteiger partial charge in [-0.15, -0.1) is 11.3 Å². The highest BCUT2D eigenvalue weighted by molar-refractivity contribution is 7.07. The van der Waals surface area contributed by atoms with Crippen molar-refractivity contribution in [1.82, 2.24) is 4.98 Å². The monoisotopic (exact) mass is 260 g/mol. The number of para-hydroxylation sites is 1. The number of ether oxygens (including phenoxy) is 1. The fourth-order valence-electron chi connectivity index (χ4n) is 2.66. The van der Waals surface area contributed by atoms with E-state index in [0.717, 1.165) is 30.9 Å². The van der Waals surface area contributed by atoms with Crippen molar-refractivity contribution in [3.63, 3.8) is 0 Å². The van der Waals surface area contributed by atoms with Gasteiger partial charge in [0.15, 0.2) is 0 Å². The van der Waals surface area contributed by atoms with E-state index in [4.69, 9.17) is 10.5 Å². The van der Waals surface area contributed by atoms with E-state index in [1.165, 1.54) is 5.56 Å². The summed E-state index contributed by atoms with van der Waals surface area (Å²) < 4.78 is 5.73. The van der Waals surface area contributed by atoms with Crippen molar-refractivity contribution >= 4 is 11.3 Å². The molecule has 2 N–H and O–H groups in total. The molecule has 1 aromatic heterocycles. The van der Waals surface area contributed by atoms with Crippen LogP contribution in [0.3, 0.4) is 0 Å². The third-order valence-corrected chi connectivity index (χ3v) is 4.33. The van der Waals surface area contributed by atoms with Crippen LogP contribution in [0.15, 0.2) is 35.2 Å². The van der Waals surface area contributed by atoms with Crippen LogP contribution in [0, 0.1) is 0 Å². The van der Waals surface area contributed by atoms with Crippen molar-refractivity contribution in [3.8, 4) is 5.75 Å².